The summed E-state index contributed by atoms with van der Waals surface area (Å²) in [6.45, 7) is 6.52. The summed E-state index contributed by atoms with van der Waals surface area (Å²) in [7, 11) is 1.84. The molecule has 94 valence electrons. The molecule has 0 radical (unpaired) electrons. The normalized spacial score (nSPS) is 22.1. The molecule has 1 rings (SSSR count). The first-order valence-electron chi connectivity index (χ1n) is 6.34. The zero-order chi connectivity index (χ0) is 12.0. The van der Waals surface area contributed by atoms with Crippen molar-refractivity contribution in [2.45, 2.75) is 45.2 Å². The summed E-state index contributed by atoms with van der Waals surface area (Å²) in [5.41, 5.74) is 0. The number of rotatable bonds is 6. The quantitative estimate of drug-likeness (QED) is 0.698. The first-order valence-corrected chi connectivity index (χ1v) is 6.34. The predicted molar refractivity (Wildman–Crippen MR) is 66.4 cm³/mol. The molecule has 0 saturated carbocycles. The van der Waals surface area contributed by atoms with E-state index in [4.69, 9.17) is 0 Å². The van der Waals surface area contributed by atoms with E-state index in [1.54, 1.807) is 4.90 Å². The number of carbonyl (C=O) groups is 1. The van der Waals surface area contributed by atoms with E-state index in [0.29, 0.717) is 18.6 Å². The number of hydrogen-bond acceptors (Lipinski definition) is 3. The summed E-state index contributed by atoms with van der Waals surface area (Å²) in [5, 5.41) is 6.77. The second-order valence-electron chi connectivity index (χ2n) is 4.72. The van der Waals surface area contributed by atoms with Crippen LogP contribution in [0.5, 0.6) is 0 Å². The highest BCUT2D eigenvalue weighted by molar-refractivity contribution is 5.77. The van der Waals surface area contributed by atoms with Crippen molar-refractivity contribution in [2.24, 2.45) is 0 Å². The molecule has 1 aliphatic rings. The zero-order valence-corrected chi connectivity index (χ0v) is 10.8. The van der Waals surface area contributed by atoms with Crippen molar-refractivity contribution < 1.29 is 4.79 Å². The Balaban J connectivity index is 2.13. The standard InChI is InChI=1S/C12H25N3O/c1-4-15(3)12(16)9-14-10(2)8-11-6-5-7-13-11/h10-11,13-14H,4-9H2,1-3H3. The van der Waals surface area contributed by atoms with E-state index in [1.807, 2.05) is 14.0 Å². The highest BCUT2D eigenvalue weighted by atomic mass is 16.2. The van der Waals surface area contributed by atoms with Crippen molar-refractivity contribution in [1.82, 2.24) is 15.5 Å². The average molecular weight is 227 g/mol. The molecular formula is C12H25N3O. The van der Waals surface area contributed by atoms with E-state index >= 15 is 0 Å². The SMILES string of the molecule is CCN(C)C(=O)CNC(C)CC1CCCN1. The molecule has 4 heteroatoms. The summed E-state index contributed by atoms with van der Waals surface area (Å²) in [6.07, 6.45) is 3.67. The van der Waals surface area contributed by atoms with Crippen LogP contribution >= 0.6 is 0 Å². The van der Waals surface area contributed by atoms with Gasteiger partial charge < -0.3 is 15.5 Å². The van der Waals surface area contributed by atoms with Gasteiger partial charge in [-0.1, -0.05) is 0 Å². The Labute approximate surface area is 98.8 Å². The van der Waals surface area contributed by atoms with Gasteiger partial charge in [0.2, 0.25) is 5.91 Å². The fraction of sp³-hybridized carbons (Fsp3) is 0.917. The van der Waals surface area contributed by atoms with Crippen LogP contribution in [0, 0.1) is 0 Å². The number of carbonyl (C=O) groups excluding carboxylic acids is 1. The van der Waals surface area contributed by atoms with Gasteiger partial charge >= 0.3 is 0 Å². The van der Waals surface area contributed by atoms with Crippen molar-refractivity contribution in [2.75, 3.05) is 26.7 Å². The van der Waals surface area contributed by atoms with Gasteiger partial charge in [0.1, 0.15) is 0 Å². The predicted octanol–water partition coefficient (Wildman–Crippen LogP) is 0.585. The Morgan fingerprint density at radius 2 is 2.38 bits per heavy atom. The van der Waals surface area contributed by atoms with Crippen molar-refractivity contribution in [3.05, 3.63) is 0 Å². The summed E-state index contributed by atoms with van der Waals surface area (Å²) in [5.74, 6) is 0.175. The number of hydrogen-bond donors (Lipinski definition) is 2. The van der Waals surface area contributed by atoms with Gasteiger partial charge in [0.05, 0.1) is 6.54 Å². The van der Waals surface area contributed by atoms with Gasteiger partial charge in [-0.3, -0.25) is 4.79 Å². The lowest BCUT2D eigenvalue weighted by molar-refractivity contribution is -0.128. The topological polar surface area (TPSA) is 44.4 Å². The van der Waals surface area contributed by atoms with Crippen molar-refractivity contribution in [3.8, 4) is 0 Å². The first-order chi connectivity index (χ1) is 7.63. The number of amides is 1. The van der Waals surface area contributed by atoms with Crippen LogP contribution in [0.25, 0.3) is 0 Å². The monoisotopic (exact) mass is 227 g/mol. The van der Waals surface area contributed by atoms with E-state index in [2.05, 4.69) is 17.6 Å². The minimum atomic E-state index is 0.175. The van der Waals surface area contributed by atoms with Gasteiger partial charge in [-0.05, 0) is 39.7 Å². The van der Waals surface area contributed by atoms with E-state index in [-0.39, 0.29) is 5.91 Å². The molecule has 0 aromatic rings. The van der Waals surface area contributed by atoms with Crippen LogP contribution in [0.4, 0.5) is 0 Å². The van der Waals surface area contributed by atoms with Gasteiger partial charge in [0.25, 0.3) is 0 Å². The Morgan fingerprint density at radius 3 is 2.94 bits per heavy atom. The van der Waals surface area contributed by atoms with Gasteiger partial charge in [0, 0.05) is 25.7 Å². The largest absolute Gasteiger partial charge is 0.345 e. The van der Waals surface area contributed by atoms with Crippen LogP contribution in [-0.4, -0.2) is 49.6 Å². The Morgan fingerprint density at radius 1 is 1.62 bits per heavy atom. The third kappa shape index (κ3) is 4.49. The van der Waals surface area contributed by atoms with Gasteiger partial charge in [-0.2, -0.15) is 0 Å². The molecule has 0 aromatic carbocycles. The molecular weight excluding hydrogens is 202 g/mol. The lowest BCUT2D eigenvalue weighted by Gasteiger charge is -2.20. The molecule has 0 spiro atoms. The highest BCUT2D eigenvalue weighted by Crippen LogP contribution is 2.10. The molecule has 0 bridgehead atoms. The number of nitrogens with one attached hydrogen (secondary N) is 2. The maximum absolute atomic E-state index is 11.6. The fourth-order valence-electron chi connectivity index (χ4n) is 2.04. The Bertz CT molecular complexity index is 214. The smallest absolute Gasteiger partial charge is 0.236 e. The maximum Gasteiger partial charge on any atom is 0.236 e. The van der Waals surface area contributed by atoms with E-state index in [0.717, 1.165) is 19.5 Å². The minimum absolute atomic E-state index is 0.175. The molecule has 1 heterocycles. The molecule has 1 fully saturated rings. The van der Waals surface area contributed by atoms with Crippen molar-refractivity contribution in [1.29, 1.82) is 0 Å². The molecule has 16 heavy (non-hydrogen) atoms. The molecule has 1 amide bonds. The number of nitrogens with zero attached hydrogens (tertiary/aromatic N) is 1. The van der Waals surface area contributed by atoms with Crippen LogP contribution in [0.1, 0.15) is 33.1 Å². The van der Waals surface area contributed by atoms with Crippen molar-refractivity contribution in [3.63, 3.8) is 0 Å². The van der Waals surface area contributed by atoms with Crippen molar-refractivity contribution >= 4 is 5.91 Å². The molecule has 0 aliphatic carbocycles. The van der Waals surface area contributed by atoms with Crippen LogP contribution in [-0.2, 0) is 4.79 Å². The molecule has 0 aromatic heterocycles. The molecule has 2 atom stereocenters. The molecule has 2 unspecified atom stereocenters. The Kier molecular flexibility index (Phi) is 5.77. The second kappa shape index (κ2) is 6.86. The highest BCUT2D eigenvalue weighted by Gasteiger charge is 2.17. The number of likely N-dealkylation sites (N-methyl/N-ethyl adjacent to an activating group) is 1. The van der Waals surface area contributed by atoms with Gasteiger partial charge in [-0.25, -0.2) is 0 Å². The third-order valence-corrected chi connectivity index (χ3v) is 3.30. The van der Waals surface area contributed by atoms with Crippen LogP contribution in [0.3, 0.4) is 0 Å². The van der Waals surface area contributed by atoms with Crippen LogP contribution < -0.4 is 10.6 Å². The summed E-state index contributed by atoms with van der Waals surface area (Å²) < 4.78 is 0. The van der Waals surface area contributed by atoms with E-state index in [9.17, 15) is 4.79 Å². The lowest BCUT2D eigenvalue weighted by Crippen LogP contribution is -2.41. The third-order valence-electron chi connectivity index (χ3n) is 3.30. The van der Waals surface area contributed by atoms with E-state index in [1.165, 1.54) is 12.8 Å². The Hall–Kier alpha value is -0.610. The van der Waals surface area contributed by atoms with Gasteiger partial charge in [-0.15, -0.1) is 0 Å². The summed E-state index contributed by atoms with van der Waals surface area (Å²) in [6, 6.07) is 1.05. The first kappa shape index (κ1) is 13.5. The molecule has 2 N–H and O–H groups in total. The van der Waals surface area contributed by atoms with Crippen LogP contribution in [0.2, 0.25) is 0 Å². The van der Waals surface area contributed by atoms with Gasteiger partial charge in [0.15, 0.2) is 0 Å². The molecule has 1 aliphatic heterocycles. The minimum Gasteiger partial charge on any atom is -0.345 e. The second-order valence-corrected chi connectivity index (χ2v) is 4.72. The zero-order valence-electron chi connectivity index (χ0n) is 10.8. The van der Waals surface area contributed by atoms with E-state index < -0.39 is 0 Å². The average Bonchev–Trinajstić information content (AvgIpc) is 2.77. The summed E-state index contributed by atoms with van der Waals surface area (Å²) in [4.78, 5) is 13.3. The molecule has 1 saturated heterocycles. The fourth-order valence-corrected chi connectivity index (χ4v) is 2.04. The summed E-state index contributed by atoms with van der Waals surface area (Å²) >= 11 is 0. The maximum atomic E-state index is 11.6. The molecule has 4 nitrogen and oxygen atoms in total. The van der Waals surface area contributed by atoms with Crippen LogP contribution in [0.15, 0.2) is 0 Å². The lowest BCUT2D eigenvalue weighted by atomic mass is 10.1.